The summed E-state index contributed by atoms with van der Waals surface area (Å²) in [6.07, 6.45) is 21.4. The van der Waals surface area contributed by atoms with Crippen LogP contribution in [0.5, 0.6) is 0 Å². The van der Waals surface area contributed by atoms with E-state index < -0.39 is 9.84 Å². The zero-order valence-corrected chi connectivity index (χ0v) is 38.8. The van der Waals surface area contributed by atoms with Gasteiger partial charge in [-0.3, -0.25) is 0 Å². The van der Waals surface area contributed by atoms with Crippen LogP contribution in [0.3, 0.4) is 0 Å². The second-order valence-electron chi connectivity index (χ2n) is 18.2. The van der Waals surface area contributed by atoms with E-state index in [9.17, 15) is 8.42 Å². The van der Waals surface area contributed by atoms with Crippen LogP contribution < -0.4 is 9.80 Å². The number of fused-ring (bicyclic) bond motifs is 2. The van der Waals surface area contributed by atoms with Crippen molar-refractivity contribution in [2.45, 2.75) is 57.2 Å². The van der Waals surface area contributed by atoms with Gasteiger partial charge in [-0.25, -0.2) is 8.42 Å². The Kier molecular flexibility index (Phi) is 12.0. The first-order valence-electron chi connectivity index (χ1n) is 23.4. The molecule has 66 heavy (non-hydrogen) atoms. The van der Waals surface area contributed by atoms with Gasteiger partial charge in [0.15, 0.2) is 9.84 Å². The average molecular weight is 881 g/mol. The zero-order valence-electron chi connectivity index (χ0n) is 38.0. The van der Waals surface area contributed by atoms with E-state index in [2.05, 4.69) is 206 Å². The molecule has 4 nitrogen and oxygen atoms in total. The van der Waals surface area contributed by atoms with Gasteiger partial charge >= 0.3 is 0 Å². The van der Waals surface area contributed by atoms with Gasteiger partial charge in [0.2, 0.25) is 0 Å². The summed E-state index contributed by atoms with van der Waals surface area (Å²) in [5, 5.41) is 2.13. The quantitative estimate of drug-likeness (QED) is 0.137. The minimum absolute atomic E-state index is 0.0291. The third kappa shape index (κ3) is 8.88. The van der Waals surface area contributed by atoms with E-state index in [0.717, 1.165) is 70.2 Å². The highest BCUT2D eigenvalue weighted by Gasteiger charge is 2.33. The van der Waals surface area contributed by atoms with E-state index in [1.165, 1.54) is 51.0 Å². The topological polar surface area (TPSA) is 40.6 Å². The molecular formula is C61H56N2O2S. The predicted octanol–water partition coefficient (Wildman–Crippen LogP) is 15.5. The Balaban J connectivity index is 1.10. The number of sulfone groups is 1. The standard InChI is InChI=1S/C61H56N2O2S/c1-43-28-39-59(44(2)62(60-27-13-12-25-57(43)60)56-24-15-23-52(41-56)61-53(42-66(3,64)65)30-29-49-20-10-11-26-58(49)61)63(54-35-31-47(32-36-54)45-16-6-4-7-17-45)55-37-33-48(34-38-55)51-22-14-21-50(40-51)46-18-8-5-9-19-46/h4-11,14-16,18-27,29-41,43-45H,12-13,17,28,42H2,1-3H3/b59-39+. The average Bonchev–Trinajstić information content (AvgIpc) is 3.35. The van der Waals surface area contributed by atoms with E-state index in [1.807, 2.05) is 24.3 Å². The molecule has 0 radical (unpaired) electrons. The van der Waals surface area contributed by atoms with Crippen LogP contribution in [0.1, 0.15) is 56.6 Å². The lowest BCUT2D eigenvalue weighted by Crippen LogP contribution is -2.41. The first kappa shape index (κ1) is 43.0. The summed E-state index contributed by atoms with van der Waals surface area (Å²) in [6.45, 7) is 4.71. The highest BCUT2D eigenvalue weighted by molar-refractivity contribution is 7.89. The van der Waals surface area contributed by atoms with Gasteiger partial charge < -0.3 is 9.80 Å². The first-order chi connectivity index (χ1) is 32.2. The fourth-order valence-corrected chi connectivity index (χ4v) is 11.1. The lowest BCUT2D eigenvalue weighted by atomic mass is 9.86. The summed E-state index contributed by atoms with van der Waals surface area (Å²) in [6, 6.07) is 58.7. The second kappa shape index (κ2) is 18.5. The Bertz CT molecular complexity index is 3180. The van der Waals surface area contributed by atoms with Crippen molar-refractivity contribution in [3.05, 3.63) is 234 Å². The molecule has 0 aromatic heterocycles. The maximum atomic E-state index is 12.9. The van der Waals surface area contributed by atoms with Crippen molar-refractivity contribution in [1.82, 2.24) is 0 Å². The first-order valence-corrected chi connectivity index (χ1v) is 25.4. The van der Waals surface area contributed by atoms with Crippen LogP contribution in [0.25, 0.3) is 44.2 Å². The summed E-state index contributed by atoms with van der Waals surface area (Å²) >= 11 is 0. The van der Waals surface area contributed by atoms with Crippen molar-refractivity contribution in [3.63, 3.8) is 0 Å². The Morgan fingerprint density at radius 3 is 2.02 bits per heavy atom. The van der Waals surface area contributed by atoms with Crippen LogP contribution in [0, 0.1) is 5.92 Å². The van der Waals surface area contributed by atoms with Gasteiger partial charge in [-0.1, -0.05) is 171 Å². The van der Waals surface area contributed by atoms with E-state index >= 15 is 0 Å². The van der Waals surface area contributed by atoms with Crippen LogP contribution >= 0.6 is 0 Å². The molecule has 3 atom stereocenters. The molecule has 0 amide bonds. The minimum atomic E-state index is -3.30. The van der Waals surface area contributed by atoms with Crippen LogP contribution in [0.2, 0.25) is 0 Å². The molecule has 1 heterocycles. The number of allylic oxidation sites excluding steroid dienone is 8. The Morgan fingerprint density at radius 2 is 1.27 bits per heavy atom. The van der Waals surface area contributed by atoms with Crippen LogP contribution in [-0.2, 0) is 15.6 Å². The van der Waals surface area contributed by atoms with Crippen LogP contribution in [0.15, 0.2) is 223 Å². The molecule has 1 aliphatic heterocycles. The van der Waals surface area contributed by atoms with E-state index in [-0.39, 0.29) is 11.8 Å². The second-order valence-corrected chi connectivity index (χ2v) is 20.3. The van der Waals surface area contributed by atoms with Crippen LogP contribution in [0.4, 0.5) is 17.1 Å². The van der Waals surface area contributed by atoms with Crippen molar-refractivity contribution >= 4 is 37.7 Å². The molecule has 328 valence electrons. The highest BCUT2D eigenvalue weighted by atomic mass is 32.2. The van der Waals surface area contributed by atoms with Gasteiger partial charge in [0.05, 0.1) is 11.8 Å². The summed E-state index contributed by atoms with van der Waals surface area (Å²) < 4.78 is 25.8. The SMILES string of the molecule is CC1C/C=C(/N(c2ccc(-c3cccc(-c4ccccc4)c3)cc2)c2ccc(C3C=CC=CC3)cc2)C(C)N(c2cccc(-c3c(CS(C)(=O)=O)ccc4ccccc34)c2)C2=CCCC=C21. The van der Waals surface area contributed by atoms with Gasteiger partial charge in [0, 0.05) is 40.6 Å². The molecule has 0 spiro atoms. The summed E-state index contributed by atoms with van der Waals surface area (Å²) in [5.41, 5.74) is 16.0. The normalized spacial score (nSPS) is 19.2. The van der Waals surface area contributed by atoms with Crippen LogP contribution in [-0.4, -0.2) is 20.7 Å². The number of nitrogens with zero attached hydrogens (tertiary/aromatic N) is 2. The fourth-order valence-electron chi connectivity index (χ4n) is 10.3. The van der Waals surface area contributed by atoms with Crippen molar-refractivity contribution in [2.24, 2.45) is 5.92 Å². The van der Waals surface area contributed by atoms with Crippen molar-refractivity contribution < 1.29 is 8.42 Å². The number of rotatable bonds is 10. The molecule has 3 aliphatic rings. The van der Waals surface area contributed by atoms with Gasteiger partial charge in [-0.2, -0.15) is 0 Å². The summed E-state index contributed by atoms with van der Waals surface area (Å²) in [7, 11) is -3.30. The number of anilines is 3. The van der Waals surface area contributed by atoms with Crippen molar-refractivity contribution in [3.8, 4) is 33.4 Å². The molecule has 7 aromatic carbocycles. The fraction of sp³-hybridized carbons (Fsp3) is 0.180. The lowest BCUT2D eigenvalue weighted by Gasteiger charge is -2.43. The molecule has 5 heteroatoms. The maximum Gasteiger partial charge on any atom is 0.151 e. The van der Waals surface area contributed by atoms with E-state index in [0.29, 0.717) is 11.8 Å². The molecular weight excluding hydrogens is 825 g/mol. The third-order valence-electron chi connectivity index (χ3n) is 13.5. The molecule has 10 rings (SSSR count). The van der Waals surface area contributed by atoms with E-state index in [1.54, 1.807) is 0 Å². The molecule has 3 unspecified atom stereocenters. The number of hydrogen-bond donors (Lipinski definition) is 0. The smallest absolute Gasteiger partial charge is 0.151 e. The molecule has 0 N–H and O–H groups in total. The Morgan fingerprint density at radius 1 is 0.606 bits per heavy atom. The van der Waals surface area contributed by atoms with E-state index in [4.69, 9.17) is 0 Å². The minimum Gasteiger partial charge on any atom is -0.333 e. The molecule has 7 aromatic rings. The summed E-state index contributed by atoms with van der Waals surface area (Å²) in [4.78, 5) is 5.02. The molecule has 0 fully saturated rings. The monoisotopic (exact) mass is 880 g/mol. The number of benzene rings is 7. The van der Waals surface area contributed by atoms with Crippen molar-refractivity contribution in [2.75, 3.05) is 16.1 Å². The largest absolute Gasteiger partial charge is 0.333 e. The van der Waals surface area contributed by atoms with Crippen molar-refractivity contribution in [1.29, 1.82) is 0 Å². The van der Waals surface area contributed by atoms with Gasteiger partial charge in [-0.15, -0.1) is 0 Å². The lowest BCUT2D eigenvalue weighted by molar-refractivity contribution is 0.601. The Hall–Kier alpha value is -6.95. The molecule has 0 saturated carbocycles. The summed E-state index contributed by atoms with van der Waals surface area (Å²) in [5.74, 6) is 0.618. The molecule has 0 bridgehead atoms. The van der Waals surface area contributed by atoms with Gasteiger partial charge in [-0.05, 0) is 142 Å². The molecule has 2 aliphatic carbocycles. The zero-order chi connectivity index (χ0) is 45.2. The van der Waals surface area contributed by atoms with Gasteiger partial charge in [0.25, 0.3) is 0 Å². The Labute approximate surface area is 391 Å². The van der Waals surface area contributed by atoms with Gasteiger partial charge in [0.1, 0.15) is 0 Å². The molecule has 0 saturated heterocycles. The number of hydrogen-bond acceptors (Lipinski definition) is 4. The highest BCUT2D eigenvalue weighted by Crippen LogP contribution is 2.44. The third-order valence-corrected chi connectivity index (χ3v) is 14.4. The maximum absolute atomic E-state index is 12.9. The predicted molar refractivity (Wildman–Crippen MR) is 279 cm³/mol.